The lowest BCUT2D eigenvalue weighted by Crippen LogP contribution is -2.36. The van der Waals surface area contributed by atoms with E-state index in [1.165, 1.54) is 6.92 Å². The summed E-state index contributed by atoms with van der Waals surface area (Å²) in [6.45, 7) is -0.577. The lowest BCUT2D eigenvalue weighted by Gasteiger charge is -2.17. The summed E-state index contributed by atoms with van der Waals surface area (Å²) in [6.07, 6.45) is -4.56. The molecule has 12 heavy (non-hydrogen) atoms. The monoisotopic (exact) mass is 225 g/mol. The molecular formula is C4H7ClF3NO2S. The molecule has 0 heterocycles. The molecule has 0 aromatic heterocycles. The predicted molar refractivity (Wildman–Crippen MR) is 38.1 cm³/mol. The summed E-state index contributed by atoms with van der Waals surface area (Å²) in [5.74, 6) is 0. The van der Waals surface area contributed by atoms with Gasteiger partial charge in [-0.25, -0.2) is 0 Å². The molecule has 0 fully saturated rings. The first kappa shape index (κ1) is 12.0. The van der Waals surface area contributed by atoms with Gasteiger partial charge >= 0.3 is 6.18 Å². The van der Waals surface area contributed by atoms with Gasteiger partial charge in [0.15, 0.2) is 0 Å². The third-order valence-corrected chi connectivity index (χ3v) is 2.61. The lowest BCUT2D eigenvalue weighted by atomic mass is 10.6. The van der Waals surface area contributed by atoms with E-state index in [4.69, 9.17) is 10.7 Å². The Hall–Kier alpha value is -0.0100. The van der Waals surface area contributed by atoms with Crippen LogP contribution in [0.3, 0.4) is 0 Å². The van der Waals surface area contributed by atoms with Crippen molar-refractivity contribution in [3.05, 3.63) is 0 Å². The van der Waals surface area contributed by atoms with Gasteiger partial charge in [-0.15, -0.1) is 0 Å². The Balaban J connectivity index is 4.41. The molecular weight excluding hydrogens is 219 g/mol. The van der Waals surface area contributed by atoms with Crippen molar-refractivity contribution in [2.75, 3.05) is 13.1 Å². The van der Waals surface area contributed by atoms with Gasteiger partial charge in [-0.1, -0.05) is 6.92 Å². The van der Waals surface area contributed by atoms with Crippen LogP contribution in [0.25, 0.3) is 0 Å². The van der Waals surface area contributed by atoms with Crippen LogP contribution >= 0.6 is 10.7 Å². The van der Waals surface area contributed by atoms with E-state index in [1.54, 1.807) is 0 Å². The summed E-state index contributed by atoms with van der Waals surface area (Å²) in [7, 11) is 0.441. The Bertz CT molecular complexity index is 237. The van der Waals surface area contributed by atoms with Crippen molar-refractivity contribution in [1.82, 2.24) is 4.31 Å². The second kappa shape index (κ2) is 3.80. The molecule has 0 saturated carbocycles. The van der Waals surface area contributed by atoms with Gasteiger partial charge in [-0.2, -0.15) is 25.9 Å². The quantitative estimate of drug-likeness (QED) is 0.680. The highest BCUT2D eigenvalue weighted by molar-refractivity contribution is 8.11. The normalized spacial score (nSPS) is 13.8. The van der Waals surface area contributed by atoms with Gasteiger partial charge in [-0.3, -0.25) is 0 Å². The van der Waals surface area contributed by atoms with Crippen molar-refractivity contribution < 1.29 is 21.6 Å². The van der Waals surface area contributed by atoms with Crippen LogP contribution in [-0.4, -0.2) is 32.0 Å². The third kappa shape index (κ3) is 4.78. The molecule has 3 nitrogen and oxygen atoms in total. The molecule has 74 valence electrons. The van der Waals surface area contributed by atoms with E-state index in [1.807, 2.05) is 0 Å². The summed E-state index contributed by atoms with van der Waals surface area (Å²) in [5.41, 5.74) is 0. The molecule has 0 aliphatic heterocycles. The summed E-state index contributed by atoms with van der Waals surface area (Å²) < 4.78 is 56.0. The smallest absolute Gasteiger partial charge is 0.195 e. The average molecular weight is 226 g/mol. The summed E-state index contributed by atoms with van der Waals surface area (Å²) in [4.78, 5) is 0. The number of alkyl halides is 3. The van der Waals surface area contributed by atoms with Crippen LogP contribution < -0.4 is 0 Å². The Morgan fingerprint density at radius 1 is 1.42 bits per heavy atom. The number of hydrogen-bond donors (Lipinski definition) is 0. The average Bonchev–Trinajstić information content (AvgIpc) is 1.78. The maximum Gasteiger partial charge on any atom is 0.402 e. The fourth-order valence-electron chi connectivity index (χ4n) is 0.543. The Kier molecular flexibility index (Phi) is 3.80. The van der Waals surface area contributed by atoms with Crippen LogP contribution in [0.15, 0.2) is 0 Å². The first-order valence-electron chi connectivity index (χ1n) is 2.93. The fourth-order valence-corrected chi connectivity index (χ4v) is 1.59. The zero-order valence-electron chi connectivity index (χ0n) is 6.10. The van der Waals surface area contributed by atoms with Gasteiger partial charge in [0.1, 0.15) is 6.54 Å². The Morgan fingerprint density at radius 3 is 1.92 bits per heavy atom. The molecule has 0 atom stereocenters. The molecule has 8 heteroatoms. The van der Waals surface area contributed by atoms with Crippen LogP contribution in [0.1, 0.15) is 6.92 Å². The van der Waals surface area contributed by atoms with E-state index in [2.05, 4.69) is 0 Å². The highest BCUT2D eigenvalue weighted by Gasteiger charge is 2.34. The highest BCUT2D eigenvalue weighted by atomic mass is 35.7. The van der Waals surface area contributed by atoms with Crippen LogP contribution in [0.2, 0.25) is 0 Å². The molecule has 0 radical (unpaired) electrons. The summed E-state index contributed by atoms with van der Waals surface area (Å²) >= 11 is 0. The van der Waals surface area contributed by atoms with E-state index in [9.17, 15) is 21.6 Å². The second-order valence-electron chi connectivity index (χ2n) is 1.98. The first-order chi connectivity index (χ1) is 5.17. The molecule has 0 rings (SSSR count). The van der Waals surface area contributed by atoms with Crippen LogP contribution in [0.4, 0.5) is 13.2 Å². The van der Waals surface area contributed by atoms with E-state index in [0.717, 1.165) is 0 Å². The molecule has 0 aromatic carbocycles. The molecule has 0 bridgehead atoms. The van der Waals surface area contributed by atoms with Crippen molar-refractivity contribution in [2.24, 2.45) is 0 Å². The van der Waals surface area contributed by atoms with Crippen molar-refractivity contribution in [2.45, 2.75) is 13.1 Å². The van der Waals surface area contributed by atoms with Gasteiger partial charge in [0.25, 0.3) is 9.24 Å². The van der Waals surface area contributed by atoms with Gasteiger partial charge in [-0.05, 0) is 0 Å². The maximum atomic E-state index is 11.7. The van der Waals surface area contributed by atoms with E-state index < -0.39 is 22.0 Å². The zero-order valence-corrected chi connectivity index (χ0v) is 7.67. The molecule has 0 saturated heterocycles. The van der Waals surface area contributed by atoms with Gasteiger partial charge in [0.2, 0.25) is 0 Å². The topological polar surface area (TPSA) is 37.4 Å². The molecule has 0 amide bonds. The number of halogens is 4. The molecule has 0 aliphatic rings. The molecule has 0 N–H and O–H groups in total. The largest absolute Gasteiger partial charge is 0.402 e. The first-order valence-corrected chi connectivity index (χ1v) is 5.20. The van der Waals surface area contributed by atoms with Crippen LogP contribution in [0, 0.1) is 0 Å². The Labute approximate surface area is 72.7 Å². The number of rotatable bonds is 3. The predicted octanol–water partition coefficient (Wildman–Crippen LogP) is 1.35. The number of hydrogen-bond acceptors (Lipinski definition) is 2. The van der Waals surface area contributed by atoms with E-state index in [0.29, 0.717) is 0 Å². The zero-order chi connectivity index (χ0) is 9.99. The summed E-state index contributed by atoms with van der Waals surface area (Å²) in [5, 5.41) is 0. The fraction of sp³-hybridized carbons (Fsp3) is 1.00. The van der Waals surface area contributed by atoms with Crippen LogP contribution in [0.5, 0.6) is 0 Å². The minimum absolute atomic E-state index is 0.133. The van der Waals surface area contributed by atoms with Crippen molar-refractivity contribution in [1.29, 1.82) is 0 Å². The molecule has 0 unspecified atom stereocenters. The third-order valence-electron chi connectivity index (χ3n) is 1.02. The van der Waals surface area contributed by atoms with Crippen molar-refractivity contribution in [3.8, 4) is 0 Å². The van der Waals surface area contributed by atoms with Gasteiger partial charge in [0, 0.05) is 17.2 Å². The standard InChI is InChI=1S/C4H7ClF3NO2S/c1-2-9(12(5,10)11)3-4(6,7)8/h2-3H2,1H3. The maximum absolute atomic E-state index is 11.7. The van der Waals surface area contributed by atoms with Gasteiger partial charge in [0.05, 0.1) is 0 Å². The van der Waals surface area contributed by atoms with Crippen molar-refractivity contribution in [3.63, 3.8) is 0 Å². The minimum Gasteiger partial charge on any atom is -0.195 e. The highest BCUT2D eigenvalue weighted by Crippen LogP contribution is 2.19. The SMILES string of the molecule is CCN(CC(F)(F)F)S(=O)(=O)Cl. The lowest BCUT2D eigenvalue weighted by molar-refractivity contribution is -0.135. The molecule has 0 aromatic rings. The second-order valence-corrected chi connectivity index (χ2v) is 4.49. The minimum atomic E-state index is -4.56. The molecule has 0 spiro atoms. The molecule has 0 aliphatic carbocycles. The van der Waals surface area contributed by atoms with E-state index in [-0.39, 0.29) is 10.8 Å². The van der Waals surface area contributed by atoms with Gasteiger partial charge < -0.3 is 0 Å². The number of nitrogens with zero attached hydrogens (tertiary/aromatic N) is 1. The van der Waals surface area contributed by atoms with Crippen molar-refractivity contribution >= 4 is 19.9 Å². The van der Waals surface area contributed by atoms with Crippen LogP contribution in [-0.2, 0) is 9.24 Å². The summed E-state index contributed by atoms with van der Waals surface area (Å²) in [6, 6.07) is 0. The van der Waals surface area contributed by atoms with E-state index >= 15 is 0 Å². The Morgan fingerprint density at radius 2 is 1.83 bits per heavy atom.